The molecule has 88 valence electrons. The largest absolute Gasteiger partial charge is 0.398 e. The van der Waals surface area contributed by atoms with Gasteiger partial charge in [0.05, 0.1) is 0 Å². The molecule has 0 aliphatic carbocycles. The van der Waals surface area contributed by atoms with Gasteiger partial charge in [-0.05, 0) is 43.8 Å². The van der Waals surface area contributed by atoms with Crippen LogP contribution in [0.25, 0.3) is 0 Å². The van der Waals surface area contributed by atoms with Crippen LogP contribution in [0.3, 0.4) is 0 Å². The van der Waals surface area contributed by atoms with Gasteiger partial charge in [-0.25, -0.2) is 0 Å². The van der Waals surface area contributed by atoms with Gasteiger partial charge in [-0.2, -0.15) is 0 Å². The fourth-order valence-electron chi connectivity index (χ4n) is 1.65. The van der Waals surface area contributed by atoms with Gasteiger partial charge in [0, 0.05) is 17.8 Å². The number of nitrogens with zero attached hydrogens (tertiary/aromatic N) is 1. The fraction of sp³-hybridized carbons (Fsp3) is 0.462. The van der Waals surface area contributed by atoms with Crippen LogP contribution in [0.5, 0.6) is 0 Å². The van der Waals surface area contributed by atoms with Crippen LogP contribution in [0.2, 0.25) is 0 Å². The van der Waals surface area contributed by atoms with Crippen LogP contribution in [0, 0.1) is 0 Å². The summed E-state index contributed by atoms with van der Waals surface area (Å²) in [5, 5.41) is 0. The molecule has 0 unspecified atom stereocenters. The Bertz CT molecular complexity index is 370. The fourth-order valence-corrected chi connectivity index (χ4v) is 1.65. The van der Waals surface area contributed by atoms with Crippen LogP contribution >= 0.6 is 0 Å². The molecule has 0 fully saturated rings. The van der Waals surface area contributed by atoms with Crippen LogP contribution in [-0.4, -0.2) is 23.8 Å². The predicted octanol–water partition coefficient (Wildman–Crippen LogP) is 2.31. The van der Waals surface area contributed by atoms with Gasteiger partial charge in [0.1, 0.15) is 0 Å². The lowest BCUT2D eigenvalue weighted by molar-refractivity contribution is 0.101. The number of carbonyl (C=O) groups is 1. The summed E-state index contributed by atoms with van der Waals surface area (Å²) in [4.78, 5) is 13.6. The van der Waals surface area contributed by atoms with E-state index in [9.17, 15) is 4.79 Å². The number of ketones is 1. The van der Waals surface area contributed by atoms with Crippen molar-refractivity contribution in [1.29, 1.82) is 0 Å². The van der Waals surface area contributed by atoms with Crippen molar-refractivity contribution in [2.45, 2.75) is 27.3 Å². The second kappa shape index (κ2) is 5.66. The second-order valence-electron chi connectivity index (χ2n) is 3.93. The Morgan fingerprint density at radius 2 is 1.94 bits per heavy atom. The molecule has 0 radical (unpaired) electrons. The van der Waals surface area contributed by atoms with Gasteiger partial charge in [0.25, 0.3) is 0 Å². The predicted molar refractivity (Wildman–Crippen MR) is 67.5 cm³/mol. The molecular formula is C13H20N2O. The van der Waals surface area contributed by atoms with Gasteiger partial charge in [0.15, 0.2) is 5.78 Å². The lowest BCUT2D eigenvalue weighted by Gasteiger charge is -2.19. The van der Waals surface area contributed by atoms with Crippen molar-refractivity contribution in [3.05, 3.63) is 29.3 Å². The Balaban J connectivity index is 2.93. The van der Waals surface area contributed by atoms with E-state index in [1.165, 1.54) is 0 Å². The summed E-state index contributed by atoms with van der Waals surface area (Å²) >= 11 is 0. The van der Waals surface area contributed by atoms with Crippen molar-refractivity contribution in [3.63, 3.8) is 0 Å². The Morgan fingerprint density at radius 3 is 2.44 bits per heavy atom. The molecule has 0 atom stereocenters. The highest BCUT2D eigenvalue weighted by atomic mass is 16.1. The van der Waals surface area contributed by atoms with Crippen molar-refractivity contribution in [2.75, 3.05) is 18.8 Å². The van der Waals surface area contributed by atoms with Crippen LogP contribution in [0.4, 0.5) is 5.69 Å². The van der Waals surface area contributed by atoms with Crippen LogP contribution in [0.15, 0.2) is 18.2 Å². The maximum absolute atomic E-state index is 11.3. The van der Waals surface area contributed by atoms with Gasteiger partial charge < -0.3 is 5.73 Å². The minimum Gasteiger partial charge on any atom is -0.398 e. The van der Waals surface area contributed by atoms with Crippen molar-refractivity contribution in [1.82, 2.24) is 4.90 Å². The molecule has 0 aliphatic rings. The molecule has 3 nitrogen and oxygen atoms in total. The highest BCUT2D eigenvalue weighted by molar-refractivity contribution is 5.94. The van der Waals surface area contributed by atoms with Crippen molar-refractivity contribution in [2.24, 2.45) is 0 Å². The molecule has 0 aliphatic heterocycles. The van der Waals surface area contributed by atoms with Crippen LogP contribution in [0.1, 0.15) is 36.7 Å². The normalized spacial score (nSPS) is 10.8. The summed E-state index contributed by atoms with van der Waals surface area (Å²) in [6, 6.07) is 5.49. The van der Waals surface area contributed by atoms with Crippen LogP contribution in [-0.2, 0) is 6.54 Å². The smallest absolute Gasteiger partial charge is 0.159 e. The van der Waals surface area contributed by atoms with E-state index in [0.29, 0.717) is 0 Å². The topological polar surface area (TPSA) is 46.3 Å². The Morgan fingerprint density at radius 1 is 1.31 bits per heavy atom. The van der Waals surface area contributed by atoms with Gasteiger partial charge >= 0.3 is 0 Å². The number of hydrogen-bond acceptors (Lipinski definition) is 3. The third-order valence-corrected chi connectivity index (χ3v) is 2.84. The summed E-state index contributed by atoms with van der Waals surface area (Å²) in [7, 11) is 0. The minimum absolute atomic E-state index is 0.0841. The SMILES string of the molecule is CCN(CC)Cc1cc(C(C)=O)ccc1N. The first kappa shape index (κ1) is 12.7. The highest BCUT2D eigenvalue weighted by Gasteiger charge is 2.07. The monoisotopic (exact) mass is 220 g/mol. The van der Waals surface area contributed by atoms with E-state index >= 15 is 0 Å². The third kappa shape index (κ3) is 3.07. The summed E-state index contributed by atoms with van der Waals surface area (Å²) in [6.07, 6.45) is 0. The van der Waals surface area contributed by atoms with Gasteiger partial charge in [0.2, 0.25) is 0 Å². The van der Waals surface area contributed by atoms with E-state index in [-0.39, 0.29) is 5.78 Å². The Kier molecular flexibility index (Phi) is 4.50. The molecule has 2 N–H and O–H groups in total. The number of rotatable bonds is 5. The summed E-state index contributed by atoms with van der Waals surface area (Å²) in [5.74, 6) is 0.0841. The van der Waals surface area contributed by atoms with Gasteiger partial charge in [-0.3, -0.25) is 9.69 Å². The van der Waals surface area contributed by atoms with E-state index < -0.39 is 0 Å². The minimum atomic E-state index is 0.0841. The lowest BCUT2D eigenvalue weighted by Crippen LogP contribution is -2.22. The maximum Gasteiger partial charge on any atom is 0.159 e. The average Bonchev–Trinajstić information content (AvgIpc) is 2.27. The quantitative estimate of drug-likeness (QED) is 0.612. The number of Topliss-reactive ketones (excluding diaryl/α,β-unsaturated/α-hetero) is 1. The number of hydrogen-bond donors (Lipinski definition) is 1. The van der Waals surface area contributed by atoms with E-state index in [1.807, 2.05) is 12.1 Å². The molecule has 3 heteroatoms. The van der Waals surface area contributed by atoms with Crippen molar-refractivity contribution < 1.29 is 4.79 Å². The molecule has 0 saturated heterocycles. The number of nitrogens with two attached hydrogens (primary N) is 1. The molecule has 0 amide bonds. The Labute approximate surface area is 97.2 Å². The number of carbonyl (C=O) groups excluding carboxylic acids is 1. The molecule has 1 aromatic rings. The number of anilines is 1. The van der Waals surface area contributed by atoms with Gasteiger partial charge in [-0.1, -0.05) is 13.8 Å². The third-order valence-electron chi connectivity index (χ3n) is 2.84. The van der Waals surface area contributed by atoms with Crippen LogP contribution < -0.4 is 5.73 Å². The molecule has 0 saturated carbocycles. The van der Waals surface area contributed by atoms with E-state index in [1.54, 1.807) is 13.0 Å². The zero-order chi connectivity index (χ0) is 12.1. The Hall–Kier alpha value is -1.35. The molecule has 0 bridgehead atoms. The average molecular weight is 220 g/mol. The standard InChI is InChI=1S/C13H20N2O/c1-4-15(5-2)9-12-8-11(10(3)16)6-7-13(12)14/h6-8H,4-5,9,14H2,1-3H3. The molecule has 16 heavy (non-hydrogen) atoms. The molecule has 0 spiro atoms. The maximum atomic E-state index is 11.3. The first-order valence-corrected chi connectivity index (χ1v) is 5.70. The molecule has 1 aromatic carbocycles. The summed E-state index contributed by atoms with van der Waals surface area (Å²) in [6.45, 7) is 8.59. The zero-order valence-electron chi connectivity index (χ0n) is 10.3. The summed E-state index contributed by atoms with van der Waals surface area (Å²) < 4.78 is 0. The van der Waals surface area contributed by atoms with Gasteiger partial charge in [-0.15, -0.1) is 0 Å². The first-order valence-electron chi connectivity index (χ1n) is 5.70. The number of benzene rings is 1. The van der Waals surface area contributed by atoms with E-state index in [2.05, 4.69) is 18.7 Å². The lowest BCUT2D eigenvalue weighted by atomic mass is 10.1. The second-order valence-corrected chi connectivity index (χ2v) is 3.93. The molecule has 0 heterocycles. The zero-order valence-corrected chi connectivity index (χ0v) is 10.3. The molecular weight excluding hydrogens is 200 g/mol. The highest BCUT2D eigenvalue weighted by Crippen LogP contribution is 2.16. The van der Waals surface area contributed by atoms with Crippen molar-refractivity contribution >= 4 is 11.5 Å². The first-order chi connectivity index (χ1) is 7.58. The van der Waals surface area contributed by atoms with Crippen molar-refractivity contribution in [3.8, 4) is 0 Å². The molecule has 1 rings (SSSR count). The van der Waals surface area contributed by atoms with E-state index in [0.717, 1.165) is 36.4 Å². The molecule has 0 aromatic heterocycles. The summed E-state index contributed by atoms with van der Waals surface area (Å²) in [5.41, 5.74) is 8.44. The van der Waals surface area contributed by atoms with E-state index in [4.69, 9.17) is 5.73 Å². The number of nitrogen functional groups attached to an aromatic ring is 1.